The maximum absolute atomic E-state index is 6.36. The van der Waals surface area contributed by atoms with Crippen molar-refractivity contribution in [3.63, 3.8) is 0 Å². The van der Waals surface area contributed by atoms with Crippen molar-refractivity contribution in [2.24, 2.45) is 11.1 Å². The molecule has 0 saturated heterocycles. The van der Waals surface area contributed by atoms with Crippen LogP contribution in [-0.2, 0) is 0 Å². The van der Waals surface area contributed by atoms with Gasteiger partial charge in [0.2, 0.25) is 0 Å². The fourth-order valence-electron chi connectivity index (χ4n) is 2.80. The van der Waals surface area contributed by atoms with Crippen molar-refractivity contribution in [1.29, 1.82) is 0 Å². The number of benzene rings is 1. The van der Waals surface area contributed by atoms with Gasteiger partial charge in [-0.05, 0) is 42.9 Å². The Bertz CT molecular complexity index is 602. The van der Waals surface area contributed by atoms with Gasteiger partial charge in [0, 0.05) is 11.3 Å². The SMILES string of the molecule is Cc1ccc2nc(SC3CCC(C)(C)C3N)[nH]c2c1. The Hall–Kier alpha value is -1.00. The minimum atomic E-state index is 0.243. The van der Waals surface area contributed by atoms with Crippen molar-refractivity contribution >= 4 is 22.8 Å². The van der Waals surface area contributed by atoms with Crippen LogP contribution < -0.4 is 5.73 Å². The number of nitrogens with zero attached hydrogens (tertiary/aromatic N) is 1. The highest BCUT2D eigenvalue weighted by Crippen LogP contribution is 2.43. The van der Waals surface area contributed by atoms with E-state index in [0.29, 0.717) is 5.25 Å². The lowest BCUT2D eigenvalue weighted by Gasteiger charge is -2.25. The second-order valence-corrected chi connectivity index (χ2v) is 7.50. The summed E-state index contributed by atoms with van der Waals surface area (Å²) in [5, 5.41) is 1.47. The number of aryl methyl sites for hydroxylation is 1. The summed E-state index contributed by atoms with van der Waals surface area (Å²) in [5.41, 5.74) is 10.0. The van der Waals surface area contributed by atoms with Crippen LogP contribution >= 0.6 is 11.8 Å². The number of H-pyrrole nitrogens is 1. The highest BCUT2D eigenvalue weighted by molar-refractivity contribution is 7.99. The first-order valence-electron chi connectivity index (χ1n) is 6.84. The molecule has 0 radical (unpaired) electrons. The smallest absolute Gasteiger partial charge is 0.166 e. The van der Waals surface area contributed by atoms with E-state index in [1.165, 1.54) is 18.4 Å². The zero-order valence-electron chi connectivity index (χ0n) is 11.7. The predicted molar refractivity (Wildman–Crippen MR) is 81.5 cm³/mol. The molecule has 0 amide bonds. The van der Waals surface area contributed by atoms with Gasteiger partial charge >= 0.3 is 0 Å². The molecule has 1 heterocycles. The van der Waals surface area contributed by atoms with Crippen LogP contribution in [0.3, 0.4) is 0 Å². The normalized spacial score (nSPS) is 26.1. The fraction of sp³-hybridized carbons (Fsp3) is 0.533. The predicted octanol–water partition coefficient (Wildman–Crippen LogP) is 3.48. The Morgan fingerprint density at radius 1 is 1.42 bits per heavy atom. The van der Waals surface area contributed by atoms with E-state index in [4.69, 9.17) is 5.73 Å². The van der Waals surface area contributed by atoms with Gasteiger partial charge in [-0.2, -0.15) is 0 Å². The first-order chi connectivity index (χ1) is 8.95. The van der Waals surface area contributed by atoms with Crippen molar-refractivity contribution in [3.05, 3.63) is 23.8 Å². The van der Waals surface area contributed by atoms with E-state index in [1.807, 2.05) is 0 Å². The molecule has 3 nitrogen and oxygen atoms in total. The molecule has 2 atom stereocenters. The van der Waals surface area contributed by atoms with Crippen LogP contribution in [0.1, 0.15) is 32.3 Å². The van der Waals surface area contributed by atoms with Crippen LogP contribution in [0.15, 0.2) is 23.4 Å². The summed E-state index contributed by atoms with van der Waals surface area (Å²) in [6, 6.07) is 6.56. The van der Waals surface area contributed by atoms with Gasteiger partial charge in [0.15, 0.2) is 5.16 Å². The Kier molecular flexibility index (Phi) is 3.10. The van der Waals surface area contributed by atoms with E-state index in [2.05, 4.69) is 48.9 Å². The molecule has 3 N–H and O–H groups in total. The lowest BCUT2D eigenvalue weighted by atomic mass is 9.88. The van der Waals surface area contributed by atoms with Gasteiger partial charge in [-0.15, -0.1) is 0 Å². The van der Waals surface area contributed by atoms with Gasteiger partial charge in [-0.3, -0.25) is 0 Å². The summed E-state index contributed by atoms with van der Waals surface area (Å²) < 4.78 is 0. The average Bonchev–Trinajstić information content (AvgIpc) is 2.84. The number of hydrogen-bond acceptors (Lipinski definition) is 3. The molecule has 0 aliphatic heterocycles. The van der Waals surface area contributed by atoms with E-state index in [0.717, 1.165) is 16.2 Å². The Morgan fingerprint density at radius 3 is 2.89 bits per heavy atom. The van der Waals surface area contributed by atoms with Crippen LogP contribution in [0.5, 0.6) is 0 Å². The zero-order chi connectivity index (χ0) is 13.6. The van der Waals surface area contributed by atoms with Gasteiger partial charge in [0.25, 0.3) is 0 Å². The van der Waals surface area contributed by atoms with Gasteiger partial charge in [-0.25, -0.2) is 4.98 Å². The van der Waals surface area contributed by atoms with Crippen molar-refractivity contribution in [3.8, 4) is 0 Å². The third-order valence-corrected chi connectivity index (χ3v) is 5.50. The highest BCUT2D eigenvalue weighted by Gasteiger charge is 2.40. The second kappa shape index (κ2) is 4.53. The highest BCUT2D eigenvalue weighted by atomic mass is 32.2. The number of hydrogen-bond donors (Lipinski definition) is 2. The summed E-state index contributed by atoms with van der Waals surface area (Å²) in [4.78, 5) is 8.06. The number of nitrogens with one attached hydrogen (secondary N) is 1. The van der Waals surface area contributed by atoms with Gasteiger partial charge in [0.1, 0.15) is 0 Å². The average molecular weight is 275 g/mol. The maximum Gasteiger partial charge on any atom is 0.166 e. The molecule has 0 spiro atoms. The number of imidazole rings is 1. The van der Waals surface area contributed by atoms with Crippen LogP contribution in [0.4, 0.5) is 0 Å². The molecular formula is C15H21N3S. The number of fused-ring (bicyclic) bond motifs is 1. The number of rotatable bonds is 2. The molecule has 1 fully saturated rings. The molecular weight excluding hydrogens is 254 g/mol. The minimum absolute atomic E-state index is 0.243. The molecule has 2 unspecified atom stereocenters. The molecule has 1 aromatic carbocycles. The molecule has 3 rings (SSSR count). The van der Waals surface area contributed by atoms with Gasteiger partial charge in [-0.1, -0.05) is 31.7 Å². The largest absolute Gasteiger partial charge is 0.333 e. The lowest BCUT2D eigenvalue weighted by Crippen LogP contribution is -2.38. The molecule has 1 saturated carbocycles. The second-order valence-electron chi connectivity index (χ2n) is 6.27. The topological polar surface area (TPSA) is 54.7 Å². The Labute approximate surface area is 118 Å². The monoisotopic (exact) mass is 275 g/mol. The van der Waals surface area contributed by atoms with E-state index in [9.17, 15) is 0 Å². The summed E-state index contributed by atoms with van der Waals surface area (Å²) in [5.74, 6) is 0. The van der Waals surface area contributed by atoms with Crippen molar-refractivity contribution in [2.75, 3.05) is 0 Å². The Morgan fingerprint density at radius 2 is 2.21 bits per heavy atom. The summed E-state index contributed by atoms with van der Waals surface area (Å²) in [7, 11) is 0. The van der Waals surface area contributed by atoms with E-state index >= 15 is 0 Å². The fourth-order valence-corrected chi connectivity index (χ4v) is 4.15. The van der Waals surface area contributed by atoms with Crippen LogP contribution in [0.25, 0.3) is 11.0 Å². The first kappa shape index (κ1) is 13.0. The molecule has 0 bridgehead atoms. The van der Waals surface area contributed by atoms with E-state index < -0.39 is 0 Å². The van der Waals surface area contributed by atoms with Gasteiger partial charge in [0.05, 0.1) is 11.0 Å². The minimum Gasteiger partial charge on any atom is -0.333 e. The molecule has 19 heavy (non-hydrogen) atoms. The number of nitrogens with two attached hydrogens (primary N) is 1. The third-order valence-electron chi connectivity index (χ3n) is 4.25. The number of aromatic amines is 1. The maximum atomic E-state index is 6.36. The Balaban J connectivity index is 1.82. The van der Waals surface area contributed by atoms with Crippen LogP contribution in [-0.4, -0.2) is 21.3 Å². The van der Waals surface area contributed by atoms with Gasteiger partial charge < -0.3 is 10.7 Å². The van der Waals surface area contributed by atoms with Crippen molar-refractivity contribution in [2.45, 2.75) is 50.1 Å². The summed E-state index contributed by atoms with van der Waals surface area (Å²) in [6.07, 6.45) is 2.38. The standard InChI is InChI=1S/C15H21N3S/c1-9-4-5-10-11(8-9)18-14(17-10)19-12-6-7-15(2,3)13(12)16/h4-5,8,12-13H,6-7,16H2,1-3H3,(H,17,18). The van der Waals surface area contributed by atoms with Crippen molar-refractivity contribution in [1.82, 2.24) is 9.97 Å². The van der Waals surface area contributed by atoms with Crippen LogP contribution in [0.2, 0.25) is 0 Å². The van der Waals surface area contributed by atoms with E-state index in [-0.39, 0.29) is 11.5 Å². The number of aromatic nitrogens is 2. The lowest BCUT2D eigenvalue weighted by molar-refractivity contribution is 0.334. The molecule has 102 valence electrons. The van der Waals surface area contributed by atoms with Crippen LogP contribution in [0, 0.1) is 12.3 Å². The first-order valence-corrected chi connectivity index (χ1v) is 7.72. The van der Waals surface area contributed by atoms with Crippen molar-refractivity contribution < 1.29 is 0 Å². The zero-order valence-corrected chi connectivity index (χ0v) is 12.6. The quantitative estimate of drug-likeness (QED) is 0.882. The third kappa shape index (κ3) is 2.39. The molecule has 4 heteroatoms. The summed E-state index contributed by atoms with van der Waals surface area (Å²) in [6.45, 7) is 6.63. The molecule has 2 aromatic rings. The molecule has 1 aliphatic carbocycles. The molecule has 1 aliphatic rings. The summed E-state index contributed by atoms with van der Waals surface area (Å²) >= 11 is 1.80. The molecule has 1 aromatic heterocycles. The van der Waals surface area contributed by atoms with E-state index in [1.54, 1.807) is 11.8 Å². The number of thioether (sulfide) groups is 1.